The molecule has 2 heteroatoms. The first-order valence-electron chi connectivity index (χ1n) is 5.78. The van der Waals surface area contributed by atoms with Gasteiger partial charge in [0, 0.05) is 6.61 Å². The van der Waals surface area contributed by atoms with Crippen molar-refractivity contribution in [3.63, 3.8) is 0 Å². The first-order chi connectivity index (χ1) is 6.83. The fourth-order valence-corrected chi connectivity index (χ4v) is 1.74. The molecule has 2 nitrogen and oxygen atoms in total. The lowest BCUT2D eigenvalue weighted by molar-refractivity contribution is 0.133. The van der Waals surface area contributed by atoms with Crippen LogP contribution in [-0.2, 0) is 4.74 Å². The minimum absolute atomic E-state index is 0.747. The van der Waals surface area contributed by atoms with Crippen molar-refractivity contribution in [3.05, 3.63) is 12.2 Å². The molecule has 0 saturated carbocycles. The van der Waals surface area contributed by atoms with E-state index >= 15 is 0 Å². The molecule has 1 N–H and O–H groups in total. The Balaban J connectivity index is 1.94. The largest absolute Gasteiger partial charge is 0.377 e. The molecule has 0 aliphatic carbocycles. The van der Waals surface area contributed by atoms with Gasteiger partial charge < -0.3 is 10.1 Å². The summed E-state index contributed by atoms with van der Waals surface area (Å²) in [5.74, 6) is 0.832. The third kappa shape index (κ3) is 4.77. The fourth-order valence-electron chi connectivity index (χ4n) is 1.74. The normalized spacial score (nSPS) is 22.2. The van der Waals surface area contributed by atoms with Gasteiger partial charge in [-0.25, -0.2) is 0 Å². The lowest BCUT2D eigenvalue weighted by atomic mass is 9.97. The molecular weight excluding hydrogens is 174 g/mol. The van der Waals surface area contributed by atoms with Gasteiger partial charge in [0.05, 0.1) is 6.61 Å². The average molecular weight is 197 g/mol. The lowest BCUT2D eigenvalue weighted by Crippen LogP contribution is -2.30. The molecule has 1 aliphatic heterocycles. The molecule has 0 radical (unpaired) electrons. The van der Waals surface area contributed by atoms with Gasteiger partial charge in [-0.05, 0) is 44.7 Å². The van der Waals surface area contributed by atoms with Gasteiger partial charge in [0.1, 0.15) is 0 Å². The first-order valence-corrected chi connectivity index (χ1v) is 5.78. The molecule has 1 fully saturated rings. The second-order valence-electron chi connectivity index (χ2n) is 4.16. The van der Waals surface area contributed by atoms with Crippen LogP contribution in [0.3, 0.4) is 0 Å². The van der Waals surface area contributed by atoms with Crippen LogP contribution in [-0.4, -0.2) is 26.3 Å². The van der Waals surface area contributed by atoms with Crippen molar-refractivity contribution in [3.8, 4) is 0 Å². The second kappa shape index (κ2) is 7.02. The molecule has 1 atom stereocenters. The van der Waals surface area contributed by atoms with Crippen molar-refractivity contribution in [2.24, 2.45) is 5.92 Å². The summed E-state index contributed by atoms with van der Waals surface area (Å²) < 4.78 is 5.56. The quantitative estimate of drug-likeness (QED) is 0.521. The summed E-state index contributed by atoms with van der Waals surface area (Å²) in [5.41, 5.74) is 1.20. The highest BCUT2D eigenvalue weighted by molar-refractivity contribution is 4.92. The minimum atomic E-state index is 0.747. The van der Waals surface area contributed by atoms with Crippen LogP contribution in [0.2, 0.25) is 0 Å². The highest BCUT2D eigenvalue weighted by Crippen LogP contribution is 2.13. The van der Waals surface area contributed by atoms with Crippen molar-refractivity contribution >= 4 is 0 Å². The van der Waals surface area contributed by atoms with Gasteiger partial charge in [0.15, 0.2) is 0 Å². The molecule has 14 heavy (non-hydrogen) atoms. The number of rotatable bonds is 6. The Bertz CT molecular complexity index is 162. The zero-order valence-electron chi connectivity index (χ0n) is 9.35. The monoisotopic (exact) mass is 197 g/mol. The Kier molecular flexibility index (Phi) is 5.88. The molecule has 0 aromatic heterocycles. The Morgan fingerprint density at radius 1 is 1.57 bits per heavy atom. The van der Waals surface area contributed by atoms with Crippen LogP contribution in [0.1, 0.15) is 32.6 Å². The van der Waals surface area contributed by atoms with Crippen molar-refractivity contribution in [2.45, 2.75) is 32.6 Å². The van der Waals surface area contributed by atoms with E-state index in [-0.39, 0.29) is 0 Å². The minimum Gasteiger partial charge on any atom is -0.377 e. The lowest BCUT2D eigenvalue weighted by Gasteiger charge is -2.22. The summed E-state index contributed by atoms with van der Waals surface area (Å²) in [6.45, 7) is 10.1. The summed E-state index contributed by atoms with van der Waals surface area (Å²) in [6, 6.07) is 0. The molecular formula is C12H23NO. The topological polar surface area (TPSA) is 21.3 Å². The molecule has 0 amide bonds. The fraction of sp³-hybridized carbons (Fsp3) is 0.833. The molecule has 0 spiro atoms. The molecule has 1 unspecified atom stereocenters. The summed E-state index contributed by atoms with van der Waals surface area (Å²) in [6.07, 6.45) is 4.92. The number of ether oxygens (including phenoxy) is 1. The highest BCUT2D eigenvalue weighted by Gasteiger charge is 2.11. The third-order valence-corrected chi connectivity index (χ3v) is 2.88. The van der Waals surface area contributed by atoms with Crippen molar-refractivity contribution in [2.75, 3.05) is 26.3 Å². The zero-order chi connectivity index (χ0) is 10.2. The van der Waals surface area contributed by atoms with Crippen molar-refractivity contribution in [1.29, 1.82) is 0 Å². The van der Waals surface area contributed by atoms with E-state index in [1.807, 2.05) is 0 Å². The van der Waals surface area contributed by atoms with Crippen LogP contribution < -0.4 is 5.32 Å². The molecule has 1 aliphatic rings. The predicted molar refractivity (Wildman–Crippen MR) is 60.5 cm³/mol. The zero-order valence-corrected chi connectivity index (χ0v) is 9.35. The third-order valence-electron chi connectivity index (χ3n) is 2.88. The van der Waals surface area contributed by atoms with E-state index in [1.54, 1.807) is 0 Å². The molecule has 1 saturated heterocycles. The molecule has 0 bridgehead atoms. The SMILES string of the molecule is C=C(CC)COCCC1CCCNC1. The van der Waals surface area contributed by atoms with Gasteiger partial charge in [0.2, 0.25) is 0 Å². The smallest absolute Gasteiger partial charge is 0.0674 e. The Morgan fingerprint density at radius 2 is 2.43 bits per heavy atom. The van der Waals surface area contributed by atoms with Gasteiger partial charge >= 0.3 is 0 Å². The second-order valence-corrected chi connectivity index (χ2v) is 4.16. The van der Waals surface area contributed by atoms with Crippen LogP contribution in [0, 0.1) is 5.92 Å². The molecule has 0 aromatic carbocycles. The van der Waals surface area contributed by atoms with Gasteiger partial charge in [0.25, 0.3) is 0 Å². The van der Waals surface area contributed by atoms with Gasteiger partial charge in [-0.3, -0.25) is 0 Å². The van der Waals surface area contributed by atoms with E-state index in [0.717, 1.165) is 25.6 Å². The van der Waals surface area contributed by atoms with Crippen LogP contribution >= 0.6 is 0 Å². The van der Waals surface area contributed by atoms with Crippen LogP contribution in [0.15, 0.2) is 12.2 Å². The van der Waals surface area contributed by atoms with Gasteiger partial charge in [-0.15, -0.1) is 0 Å². The van der Waals surface area contributed by atoms with Gasteiger partial charge in [-0.1, -0.05) is 19.1 Å². The predicted octanol–water partition coefficient (Wildman–Crippen LogP) is 2.36. The van der Waals surface area contributed by atoms with E-state index in [0.29, 0.717) is 0 Å². The van der Waals surface area contributed by atoms with Crippen LogP contribution in [0.4, 0.5) is 0 Å². The molecule has 82 valence electrons. The Morgan fingerprint density at radius 3 is 3.07 bits per heavy atom. The maximum absolute atomic E-state index is 5.56. The Hall–Kier alpha value is -0.340. The molecule has 1 rings (SSSR count). The summed E-state index contributed by atoms with van der Waals surface area (Å²) in [4.78, 5) is 0. The maximum atomic E-state index is 5.56. The van der Waals surface area contributed by atoms with Crippen LogP contribution in [0.5, 0.6) is 0 Å². The van der Waals surface area contributed by atoms with Gasteiger partial charge in [-0.2, -0.15) is 0 Å². The van der Waals surface area contributed by atoms with E-state index in [2.05, 4.69) is 18.8 Å². The molecule has 1 heterocycles. The first kappa shape index (κ1) is 11.7. The van der Waals surface area contributed by atoms with E-state index in [1.165, 1.54) is 37.9 Å². The van der Waals surface area contributed by atoms with Crippen molar-refractivity contribution in [1.82, 2.24) is 5.32 Å². The van der Waals surface area contributed by atoms with Crippen molar-refractivity contribution < 1.29 is 4.74 Å². The number of hydrogen-bond acceptors (Lipinski definition) is 2. The molecule has 0 aromatic rings. The highest BCUT2D eigenvalue weighted by atomic mass is 16.5. The average Bonchev–Trinajstić information content (AvgIpc) is 2.25. The standard InChI is InChI=1S/C12H23NO/c1-3-11(2)10-14-8-6-12-5-4-7-13-9-12/h12-13H,2-10H2,1H3. The van der Waals surface area contributed by atoms with E-state index in [9.17, 15) is 0 Å². The van der Waals surface area contributed by atoms with Crippen LogP contribution in [0.25, 0.3) is 0 Å². The summed E-state index contributed by atoms with van der Waals surface area (Å²) in [5, 5.41) is 3.42. The maximum Gasteiger partial charge on any atom is 0.0674 e. The van der Waals surface area contributed by atoms with E-state index in [4.69, 9.17) is 4.74 Å². The summed E-state index contributed by atoms with van der Waals surface area (Å²) >= 11 is 0. The van der Waals surface area contributed by atoms with E-state index < -0.39 is 0 Å². The summed E-state index contributed by atoms with van der Waals surface area (Å²) in [7, 11) is 0. The number of hydrogen-bond donors (Lipinski definition) is 1. The Labute approximate surface area is 87.7 Å². The number of nitrogens with one attached hydrogen (secondary N) is 1. The number of piperidine rings is 1.